The lowest BCUT2D eigenvalue weighted by Gasteiger charge is -2.24. The van der Waals surface area contributed by atoms with Gasteiger partial charge < -0.3 is 20.3 Å². The first-order valence-electron chi connectivity index (χ1n) is 27.4. The molecule has 0 aromatic heterocycles. The number of allylic oxidation sites excluding steroid dienone is 14. The van der Waals surface area contributed by atoms with Crippen LogP contribution in [0.4, 0.5) is 0 Å². The van der Waals surface area contributed by atoms with Crippen LogP contribution in [-0.2, 0) is 14.3 Å². The summed E-state index contributed by atoms with van der Waals surface area (Å²) in [5.41, 5.74) is 0. The Balaban J connectivity index is 4.72. The van der Waals surface area contributed by atoms with Crippen LogP contribution >= 0.6 is 0 Å². The highest BCUT2D eigenvalue weighted by Gasteiger charge is 2.24. The first-order valence-corrected chi connectivity index (χ1v) is 27.4. The van der Waals surface area contributed by atoms with Gasteiger partial charge in [0.2, 0.25) is 5.91 Å². The summed E-state index contributed by atoms with van der Waals surface area (Å²) in [7, 11) is 0. The van der Waals surface area contributed by atoms with Crippen LogP contribution in [0.25, 0.3) is 0 Å². The van der Waals surface area contributed by atoms with Gasteiger partial charge in [0.1, 0.15) is 6.10 Å². The van der Waals surface area contributed by atoms with Gasteiger partial charge in [0.25, 0.3) is 0 Å². The Bertz CT molecular complexity index is 1250. The zero-order valence-electron chi connectivity index (χ0n) is 42.6. The molecule has 65 heavy (non-hydrogen) atoms. The summed E-state index contributed by atoms with van der Waals surface area (Å²) in [4.78, 5) is 26.2. The zero-order chi connectivity index (χ0) is 47.4. The molecule has 0 bridgehead atoms. The molecule has 6 nitrogen and oxygen atoms in total. The van der Waals surface area contributed by atoms with E-state index < -0.39 is 18.2 Å². The Morgan fingerprint density at radius 2 is 0.815 bits per heavy atom. The summed E-state index contributed by atoms with van der Waals surface area (Å²) in [6, 6.07) is -0.726. The number of carbonyl (C=O) groups excluding carboxylic acids is 2. The van der Waals surface area contributed by atoms with Crippen LogP contribution in [-0.4, -0.2) is 46.9 Å². The molecular formula is C59H103NO5. The van der Waals surface area contributed by atoms with E-state index >= 15 is 0 Å². The van der Waals surface area contributed by atoms with Crippen LogP contribution < -0.4 is 5.32 Å². The summed E-state index contributed by atoms with van der Waals surface area (Å²) in [6.07, 6.45) is 67.8. The maximum atomic E-state index is 13.2. The molecule has 0 heterocycles. The van der Waals surface area contributed by atoms with Crippen molar-refractivity contribution in [2.75, 3.05) is 6.61 Å². The number of hydrogen-bond donors (Lipinski definition) is 3. The van der Waals surface area contributed by atoms with Crippen molar-refractivity contribution in [3.05, 3.63) is 85.1 Å². The van der Waals surface area contributed by atoms with Crippen molar-refractivity contribution >= 4 is 11.9 Å². The molecule has 0 aliphatic carbocycles. The van der Waals surface area contributed by atoms with E-state index in [4.69, 9.17) is 4.74 Å². The Kier molecular flexibility index (Phi) is 49.6. The number of aliphatic hydroxyl groups excluding tert-OH is 2. The lowest BCUT2D eigenvalue weighted by atomic mass is 10.0. The fourth-order valence-electron chi connectivity index (χ4n) is 7.92. The van der Waals surface area contributed by atoms with Gasteiger partial charge in [-0.05, 0) is 70.6 Å². The summed E-state index contributed by atoms with van der Waals surface area (Å²) in [6.45, 7) is 6.38. The third kappa shape index (κ3) is 47.3. The Morgan fingerprint density at radius 3 is 1.28 bits per heavy atom. The van der Waals surface area contributed by atoms with Gasteiger partial charge in [-0.15, -0.1) is 0 Å². The van der Waals surface area contributed by atoms with Gasteiger partial charge >= 0.3 is 5.97 Å². The average molecular weight is 906 g/mol. The first-order chi connectivity index (χ1) is 32.0. The van der Waals surface area contributed by atoms with Crippen molar-refractivity contribution in [3.8, 4) is 0 Å². The van der Waals surface area contributed by atoms with Gasteiger partial charge in [0, 0.05) is 6.42 Å². The number of rotatable bonds is 48. The maximum absolute atomic E-state index is 13.2. The van der Waals surface area contributed by atoms with Crippen LogP contribution in [0.3, 0.4) is 0 Å². The molecule has 3 atom stereocenters. The molecule has 0 radical (unpaired) electrons. The molecule has 6 heteroatoms. The van der Waals surface area contributed by atoms with E-state index in [2.05, 4.69) is 74.7 Å². The second-order valence-corrected chi connectivity index (χ2v) is 18.4. The molecule has 0 saturated carbocycles. The highest BCUT2D eigenvalue weighted by Crippen LogP contribution is 2.17. The van der Waals surface area contributed by atoms with Gasteiger partial charge in [-0.2, -0.15) is 0 Å². The molecule has 0 saturated heterocycles. The Morgan fingerprint density at radius 1 is 0.446 bits per heavy atom. The maximum Gasteiger partial charge on any atom is 0.306 e. The standard InChI is InChI=1S/C59H103NO5/c1-4-7-10-13-16-19-22-25-28-30-32-35-38-41-44-47-50-55(65-59(64)52-49-46-43-40-37-34-31-29-26-23-20-17-14-11-8-5-2)53-58(63)60-56(54-61)57(62)51-48-45-42-39-36-33-27-24-21-18-15-12-9-6-3/h10,13,16,19,22,25,28-32,34-35,37,55-57,61-62H,4-9,11-12,14-15,17-18,20-21,23-24,26-27,33,36,38-54H2,1-3H3,(H,60,63)/b13-10+,19-16+,25-22+,30-28+,31-29+,35-32+,37-34+. The van der Waals surface area contributed by atoms with E-state index in [1.807, 2.05) is 36.5 Å². The highest BCUT2D eigenvalue weighted by molar-refractivity contribution is 5.77. The van der Waals surface area contributed by atoms with Gasteiger partial charge in [0.05, 0.1) is 25.2 Å². The lowest BCUT2D eigenvalue weighted by Crippen LogP contribution is -2.46. The van der Waals surface area contributed by atoms with E-state index in [0.717, 1.165) is 83.5 Å². The number of aliphatic hydroxyl groups is 2. The van der Waals surface area contributed by atoms with Crippen molar-refractivity contribution in [1.82, 2.24) is 5.32 Å². The molecule has 3 N–H and O–H groups in total. The van der Waals surface area contributed by atoms with E-state index in [1.54, 1.807) is 0 Å². The van der Waals surface area contributed by atoms with Crippen molar-refractivity contribution in [2.45, 2.75) is 270 Å². The molecular weight excluding hydrogens is 803 g/mol. The van der Waals surface area contributed by atoms with Crippen LogP contribution in [0.1, 0.15) is 252 Å². The predicted molar refractivity (Wildman–Crippen MR) is 282 cm³/mol. The van der Waals surface area contributed by atoms with E-state index in [-0.39, 0.29) is 24.9 Å². The molecule has 0 fully saturated rings. The normalized spacial score (nSPS) is 13.9. The monoisotopic (exact) mass is 906 g/mol. The van der Waals surface area contributed by atoms with Gasteiger partial charge in [-0.3, -0.25) is 9.59 Å². The Hall–Kier alpha value is -2.96. The predicted octanol–water partition coefficient (Wildman–Crippen LogP) is 16.7. The average Bonchev–Trinajstić information content (AvgIpc) is 3.30. The quantitative estimate of drug-likeness (QED) is 0.0321. The van der Waals surface area contributed by atoms with Gasteiger partial charge in [0.15, 0.2) is 0 Å². The minimum atomic E-state index is -0.809. The van der Waals surface area contributed by atoms with Crippen LogP contribution in [0, 0.1) is 0 Å². The van der Waals surface area contributed by atoms with E-state index in [9.17, 15) is 19.8 Å². The number of esters is 1. The molecule has 0 aliphatic heterocycles. The number of carbonyl (C=O) groups is 2. The molecule has 0 aromatic carbocycles. The highest BCUT2D eigenvalue weighted by atomic mass is 16.5. The second kappa shape index (κ2) is 52.0. The summed E-state index contributed by atoms with van der Waals surface area (Å²) in [5.74, 6) is -0.548. The topological polar surface area (TPSA) is 95.9 Å². The van der Waals surface area contributed by atoms with E-state index in [1.165, 1.54) is 122 Å². The van der Waals surface area contributed by atoms with Gasteiger partial charge in [-0.1, -0.05) is 254 Å². The fourth-order valence-corrected chi connectivity index (χ4v) is 7.92. The molecule has 374 valence electrons. The van der Waals surface area contributed by atoms with Crippen molar-refractivity contribution < 1.29 is 24.5 Å². The minimum absolute atomic E-state index is 0.0352. The molecule has 3 unspecified atom stereocenters. The lowest BCUT2D eigenvalue weighted by molar-refractivity contribution is -0.151. The number of ether oxygens (including phenoxy) is 1. The molecule has 0 rings (SSSR count). The van der Waals surface area contributed by atoms with Crippen LogP contribution in [0.15, 0.2) is 85.1 Å². The minimum Gasteiger partial charge on any atom is -0.462 e. The molecule has 1 amide bonds. The molecule has 0 aromatic rings. The van der Waals surface area contributed by atoms with Crippen molar-refractivity contribution in [3.63, 3.8) is 0 Å². The first kappa shape index (κ1) is 62.0. The summed E-state index contributed by atoms with van der Waals surface area (Å²) < 4.78 is 5.92. The van der Waals surface area contributed by atoms with Crippen LogP contribution in [0.5, 0.6) is 0 Å². The van der Waals surface area contributed by atoms with Gasteiger partial charge in [-0.25, -0.2) is 0 Å². The van der Waals surface area contributed by atoms with Crippen molar-refractivity contribution in [1.29, 1.82) is 0 Å². The van der Waals surface area contributed by atoms with Crippen LogP contribution in [0.2, 0.25) is 0 Å². The third-order valence-electron chi connectivity index (χ3n) is 12.1. The third-order valence-corrected chi connectivity index (χ3v) is 12.1. The molecule has 0 spiro atoms. The number of amides is 1. The summed E-state index contributed by atoms with van der Waals surface area (Å²) in [5, 5.41) is 23.8. The number of nitrogens with one attached hydrogen (secondary N) is 1. The number of unbranched alkanes of at least 4 members (excludes halogenated alkanes) is 27. The SMILES string of the molecule is CCC/C=C/C=C/C=C/C=C/C=C/CCCCCC(CC(=O)NC(CO)C(O)CCCCCCCCCCCCCCCC)OC(=O)CCCCC/C=C/C=C/CCCCCCCCC. The second-order valence-electron chi connectivity index (χ2n) is 18.4. The summed E-state index contributed by atoms with van der Waals surface area (Å²) >= 11 is 0. The largest absolute Gasteiger partial charge is 0.462 e. The van der Waals surface area contributed by atoms with Crippen molar-refractivity contribution in [2.24, 2.45) is 0 Å². The van der Waals surface area contributed by atoms with E-state index in [0.29, 0.717) is 19.3 Å². The fraction of sp³-hybridized carbons (Fsp3) is 0.729. The Labute approximate surface area is 402 Å². The molecule has 0 aliphatic rings. The smallest absolute Gasteiger partial charge is 0.306 e. The zero-order valence-corrected chi connectivity index (χ0v) is 42.6. The number of hydrogen-bond acceptors (Lipinski definition) is 5.